The molecule has 0 aromatic heterocycles. The summed E-state index contributed by atoms with van der Waals surface area (Å²) in [5.74, 6) is 0.435. The summed E-state index contributed by atoms with van der Waals surface area (Å²) >= 11 is 5.20. The Bertz CT molecular complexity index is 907. The number of carbonyl (C=O) groups is 1. The van der Waals surface area contributed by atoms with Crippen LogP contribution in [0.5, 0.6) is 5.75 Å². The van der Waals surface area contributed by atoms with Crippen molar-refractivity contribution in [2.24, 2.45) is 0 Å². The largest absolute Gasteiger partial charge is 0.489 e. The van der Waals surface area contributed by atoms with Crippen LogP contribution in [0.2, 0.25) is 0 Å². The van der Waals surface area contributed by atoms with E-state index in [1.54, 1.807) is 24.3 Å². The summed E-state index contributed by atoms with van der Waals surface area (Å²) in [5.41, 5.74) is 3.59. The number of nitrogens with one attached hydrogen (secondary N) is 2. The van der Waals surface area contributed by atoms with Crippen molar-refractivity contribution < 1.29 is 9.53 Å². The lowest BCUT2D eigenvalue weighted by atomic mass is 10.2. The van der Waals surface area contributed by atoms with E-state index < -0.39 is 0 Å². The van der Waals surface area contributed by atoms with E-state index in [1.807, 2.05) is 61.5 Å². The Hall–Kier alpha value is -3.18. The number of anilines is 1. The first-order chi connectivity index (χ1) is 13.1. The highest BCUT2D eigenvalue weighted by Gasteiger charge is 2.08. The molecule has 1 amide bonds. The fourth-order valence-corrected chi connectivity index (χ4v) is 2.63. The maximum Gasteiger partial charge on any atom is 0.257 e. The summed E-state index contributed by atoms with van der Waals surface area (Å²) in [6.45, 7) is 2.49. The summed E-state index contributed by atoms with van der Waals surface area (Å²) in [6, 6.07) is 24.7. The first-order valence-electron chi connectivity index (χ1n) is 8.56. The molecule has 136 valence electrons. The van der Waals surface area contributed by atoms with Crippen molar-refractivity contribution in [1.29, 1.82) is 0 Å². The SMILES string of the molecule is Cc1ccc(NC(=S)NC(=O)c2ccc(OCc3ccccc3)cc2)cc1. The van der Waals surface area contributed by atoms with Gasteiger partial charge in [0.2, 0.25) is 0 Å². The number of rotatable bonds is 5. The molecule has 0 unspecified atom stereocenters. The highest BCUT2D eigenvalue weighted by Crippen LogP contribution is 2.14. The zero-order valence-electron chi connectivity index (χ0n) is 14.9. The number of carbonyl (C=O) groups excluding carboxylic acids is 1. The van der Waals surface area contributed by atoms with Gasteiger partial charge in [0, 0.05) is 11.3 Å². The number of amides is 1. The van der Waals surface area contributed by atoms with Gasteiger partial charge in [-0.15, -0.1) is 0 Å². The monoisotopic (exact) mass is 376 g/mol. The molecule has 27 heavy (non-hydrogen) atoms. The number of ether oxygens (including phenoxy) is 1. The Morgan fingerprint density at radius 2 is 1.59 bits per heavy atom. The third-order valence-electron chi connectivity index (χ3n) is 3.90. The summed E-state index contributed by atoms with van der Waals surface area (Å²) in [4.78, 5) is 12.3. The Morgan fingerprint density at radius 3 is 2.26 bits per heavy atom. The van der Waals surface area contributed by atoms with Gasteiger partial charge in [-0.25, -0.2) is 0 Å². The topological polar surface area (TPSA) is 50.4 Å². The number of hydrogen-bond acceptors (Lipinski definition) is 3. The maximum atomic E-state index is 12.3. The molecule has 5 heteroatoms. The lowest BCUT2D eigenvalue weighted by molar-refractivity contribution is 0.0977. The summed E-state index contributed by atoms with van der Waals surface area (Å²) in [6.07, 6.45) is 0. The standard InChI is InChI=1S/C22H20N2O2S/c1-16-7-11-19(12-8-16)23-22(27)24-21(25)18-9-13-20(14-10-18)26-15-17-5-3-2-4-6-17/h2-14H,15H2,1H3,(H2,23,24,25,27). The molecule has 0 radical (unpaired) electrons. The fraction of sp³-hybridized carbons (Fsp3) is 0.0909. The number of thiocarbonyl (C=S) groups is 1. The van der Waals surface area contributed by atoms with Crippen LogP contribution in [0.4, 0.5) is 5.69 Å². The second-order valence-electron chi connectivity index (χ2n) is 6.07. The zero-order valence-corrected chi connectivity index (χ0v) is 15.8. The van der Waals surface area contributed by atoms with Crippen LogP contribution in [0.25, 0.3) is 0 Å². The molecule has 0 atom stereocenters. The molecule has 0 heterocycles. The minimum atomic E-state index is -0.269. The smallest absolute Gasteiger partial charge is 0.257 e. The Morgan fingerprint density at radius 1 is 0.926 bits per heavy atom. The van der Waals surface area contributed by atoms with Crippen LogP contribution in [-0.2, 0) is 6.61 Å². The molecule has 0 saturated heterocycles. The van der Waals surface area contributed by atoms with Crippen LogP contribution in [0.1, 0.15) is 21.5 Å². The van der Waals surface area contributed by atoms with E-state index in [0.29, 0.717) is 17.9 Å². The summed E-state index contributed by atoms with van der Waals surface area (Å²) < 4.78 is 5.73. The molecule has 2 N–H and O–H groups in total. The van der Waals surface area contributed by atoms with Crippen molar-refractivity contribution in [3.05, 3.63) is 95.6 Å². The van der Waals surface area contributed by atoms with E-state index >= 15 is 0 Å². The van der Waals surface area contributed by atoms with Gasteiger partial charge >= 0.3 is 0 Å². The molecule has 3 rings (SSSR count). The zero-order chi connectivity index (χ0) is 19.1. The predicted molar refractivity (Wildman–Crippen MR) is 112 cm³/mol. The predicted octanol–water partition coefficient (Wildman–Crippen LogP) is 4.70. The van der Waals surface area contributed by atoms with Crippen LogP contribution in [0, 0.1) is 6.92 Å². The third kappa shape index (κ3) is 5.66. The molecule has 3 aromatic rings. The maximum absolute atomic E-state index is 12.3. The van der Waals surface area contributed by atoms with Crippen molar-refractivity contribution in [3.8, 4) is 5.75 Å². The molecule has 0 aliphatic heterocycles. The average Bonchev–Trinajstić information content (AvgIpc) is 2.69. The first-order valence-corrected chi connectivity index (χ1v) is 8.97. The lowest BCUT2D eigenvalue weighted by Gasteiger charge is -2.10. The van der Waals surface area contributed by atoms with Crippen molar-refractivity contribution in [1.82, 2.24) is 5.32 Å². The first kappa shape index (κ1) is 18.6. The van der Waals surface area contributed by atoms with Gasteiger partial charge in [-0.3, -0.25) is 10.1 Å². The van der Waals surface area contributed by atoms with Crippen LogP contribution in [0.15, 0.2) is 78.9 Å². The van der Waals surface area contributed by atoms with E-state index in [2.05, 4.69) is 10.6 Å². The molecule has 0 aliphatic carbocycles. The molecule has 0 bridgehead atoms. The number of benzene rings is 3. The quantitative estimate of drug-likeness (QED) is 0.634. The van der Waals surface area contributed by atoms with Gasteiger partial charge in [-0.05, 0) is 61.1 Å². The molecular formula is C22H20N2O2S. The molecule has 0 aliphatic rings. The van der Waals surface area contributed by atoms with Gasteiger partial charge < -0.3 is 10.1 Å². The molecule has 3 aromatic carbocycles. The van der Waals surface area contributed by atoms with E-state index in [-0.39, 0.29) is 11.0 Å². The highest BCUT2D eigenvalue weighted by atomic mass is 32.1. The molecular weight excluding hydrogens is 356 g/mol. The number of hydrogen-bond donors (Lipinski definition) is 2. The molecule has 4 nitrogen and oxygen atoms in total. The van der Waals surface area contributed by atoms with Gasteiger partial charge in [-0.2, -0.15) is 0 Å². The second-order valence-corrected chi connectivity index (χ2v) is 6.48. The summed E-state index contributed by atoms with van der Waals surface area (Å²) in [7, 11) is 0. The molecule has 0 saturated carbocycles. The normalized spacial score (nSPS) is 10.1. The fourth-order valence-electron chi connectivity index (χ4n) is 2.42. The van der Waals surface area contributed by atoms with Crippen LogP contribution in [0.3, 0.4) is 0 Å². The van der Waals surface area contributed by atoms with Gasteiger partial charge in [0.1, 0.15) is 12.4 Å². The Labute approximate surface area is 164 Å². The van der Waals surface area contributed by atoms with Crippen molar-refractivity contribution in [2.75, 3.05) is 5.32 Å². The van der Waals surface area contributed by atoms with E-state index in [4.69, 9.17) is 17.0 Å². The lowest BCUT2D eigenvalue weighted by Crippen LogP contribution is -2.34. The molecule has 0 fully saturated rings. The van der Waals surface area contributed by atoms with Gasteiger partial charge in [-0.1, -0.05) is 48.0 Å². The Balaban J connectivity index is 1.52. The average molecular weight is 376 g/mol. The van der Waals surface area contributed by atoms with Crippen LogP contribution >= 0.6 is 12.2 Å². The van der Waals surface area contributed by atoms with Crippen molar-refractivity contribution >= 4 is 28.9 Å². The minimum absolute atomic E-state index is 0.258. The van der Waals surface area contributed by atoms with Gasteiger partial charge in [0.05, 0.1) is 0 Å². The highest BCUT2D eigenvalue weighted by molar-refractivity contribution is 7.80. The van der Waals surface area contributed by atoms with E-state index in [0.717, 1.165) is 16.8 Å². The number of aryl methyl sites for hydroxylation is 1. The third-order valence-corrected chi connectivity index (χ3v) is 4.11. The van der Waals surface area contributed by atoms with Crippen molar-refractivity contribution in [2.45, 2.75) is 13.5 Å². The van der Waals surface area contributed by atoms with Gasteiger partial charge in [0.25, 0.3) is 5.91 Å². The van der Waals surface area contributed by atoms with E-state index in [9.17, 15) is 4.79 Å². The van der Waals surface area contributed by atoms with Gasteiger partial charge in [0.15, 0.2) is 5.11 Å². The van der Waals surface area contributed by atoms with Crippen LogP contribution in [-0.4, -0.2) is 11.0 Å². The Kier molecular flexibility index (Phi) is 6.18. The van der Waals surface area contributed by atoms with Crippen molar-refractivity contribution in [3.63, 3.8) is 0 Å². The molecule has 0 spiro atoms. The summed E-state index contributed by atoms with van der Waals surface area (Å²) in [5, 5.41) is 5.93. The van der Waals surface area contributed by atoms with Crippen LogP contribution < -0.4 is 15.4 Å². The second kappa shape index (κ2) is 8.96. The van der Waals surface area contributed by atoms with E-state index in [1.165, 1.54) is 0 Å². The minimum Gasteiger partial charge on any atom is -0.489 e.